The predicted octanol–water partition coefficient (Wildman–Crippen LogP) is 0.871. The first kappa shape index (κ1) is 19.2. The Hall–Kier alpha value is -2.09. The van der Waals surface area contributed by atoms with E-state index in [0.717, 1.165) is 11.1 Å². The Labute approximate surface area is 147 Å². The molecule has 1 aliphatic heterocycles. The minimum atomic E-state index is -3.07. The van der Waals surface area contributed by atoms with Gasteiger partial charge in [-0.25, -0.2) is 13.2 Å². The number of carbonyl (C=O) groups is 2. The van der Waals surface area contributed by atoms with E-state index in [0.29, 0.717) is 12.2 Å². The van der Waals surface area contributed by atoms with Crippen molar-refractivity contribution in [3.05, 3.63) is 29.3 Å². The van der Waals surface area contributed by atoms with Crippen molar-refractivity contribution >= 4 is 21.7 Å². The number of esters is 1. The summed E-state index contributed by atoms with van der Waals surface area (Å²) in [5.74, 6) is -0.488. The highest BCUT2D eigenvalue weighted by molar-refractivity contribution is 7.91. The molecule has 2 rings (SSSR count). The molecule has 1 aromatic rings. The average molecular weight is 369 g/mol. The zero-order chi connectivity index (χ0) is 18.6. The number of carbonyl (C=O) groups excluding carboxylic acids is 2. The Balaban J connectivity index is 1.75. The lowest BCUT2D eigenvalue weighted by atomic mass is 10.1. The van der Waals surface area contributed by atoms with Gasteiger partial charge in [-0.05, 0) is 43.5 Å². The van der Waals surface area contributed by atoms with Crippen molar-refractivity contribution in [2.75, 3.05) is 31.8 Å². The predicted molar refractivity (Wildman–Crippen MR) is 92.2 cm³/mol. The maximum atomic E-state index is 12.0. The molecule has 0 bridgehead atoms. The molecule has 1 unspecified atom stereocenters. The second-order valence-electron chi connectivity index (χ2n) is 6.26. The number of aryl methyl sites for hydroxylation is 2. The van der Waals surface area contributed by atoms with Crippen molar-refractivity contribution < 1.29 is 27.5 Å². The molecule has 0 aromatic heterocycles. The maximum absolute atomic E-state index is 12.0. The van der Waals surface area contributed by atoms with Crippen LogP contribution in [0.15, 0.2) is 18.2 Å². The fourth-order valence-electron chi connectivity index (χ4n) is 2.52. The van der Waals surface area contributed by atoms with Gasteiger partial charge in [-0.15, -0.1) is 0 Å². The van der Waals surface area contributed by atoms with Crippen molar-refractivity contribution in [1.82, 2.24) is 4.90 Å². The quantitative estimate of drug-likeness (QED) is 0.691. The summed E-state index contributed by atoms with van der Waals surface area (Å²) in [6.45, 7) is 3.20. The molecule has 1 heterocycles. The Morgan fingerprint density at radius 3 is 2.52 bits per heavy atom. The lowest BCUT2D eigenvalue weighted by Gasteiger charge is -2.23. The number of hydrogen-bond acceptors (Lipinski definition) is 6. The van der Waals surface area contributed by atoms with Crippen LogP contribution in [0.3, 0.4) is 0 Å². The number of amides is 1. The van der Waals surface area contributed by atoms with Gasteiger partial charge in [-0.2, -0.15) is 0 Å². The molecule has 0 saturated carbocycles. The number of sulfone groups is 1. The Morgan fingerprint density at radius 2 is 1.92 bits per heavy atom. The van der Waals surface area contributed by atoms with Crippen molar-refractivity contribution in [2.45, 2.75) is 26.3 Å². The molecule has 0 aliphatic carbocycles. The molecule has 1 amide bonds. The molecule has 1 aromatic carbocycles. The Morgan fingerprint density at radius 1 is 1.20 bits per heavy atom. The van der Waals surface area contributed by atoms with Crippen LogP contribution in [0.2, 0.25) is 0 Å². The first-order valence-electron chi connectivity index (χ1n) is 8.00. The Bertz CT molecular complexity index is 758. The second-order valence-corrected chi connectivity index (χ2v) is 8.49. The molecular formula is C17H23NO6S. The van der Waals surface area contributed by atoms with Gasteiger partial charge in [0.15, 0.2) is 23.1 Å². The number of likely N-dealkylation sites (N-methyl/N-ethyl adjacent to an activating group) is 1. The van der Waals surface area contributed by atoms with Gasteiger partial charge in [0.1, 0.15) is 5.75 Å². The second kappa shape index (κ2) is 7.86. The fourth-order valence-corrected chi connectivity index (χ4v) is 4.29. The normalized spacial score (nSPS) is 18.6. The van der Waals surface area contributed by atoms with Crippen LogP contribution < -0.4 is 4.74 Å². The summed E-state index contributed by atoms with van der Waals surface area (Å²) in [6, 6.07) is 5.12. The first-order valence-corrected chi connectivity index (χ1v) is 9.82. The van der Waals surface area contributed by atoms with E-state index in [9.17, 15) is 18.0 Å². The zero-order valence-corrected chi connectivity index (χ0v) is 15.5. The van der Waals surface area contributed by atoms with Crippen LogP contribution in [0.4, 0.5) is 0 Å². The minimum absolute atomic E-state index is 0.0426. The molecule has 8 heteroatoms. The van der Waals surface area contributed by atoms with Crippen molar-refractivity contribution in [2.24, 2.45) is 0 Å². The molecule has 1 atom stereocenters. The summed E-state index contributed by atoms with van der Waals surface area (Å²) >= 11 is 0. The number of ether oxygens (including phenoxy) is 2. The molecular weight excluding hydrogens is 346 g/mol. The van der Waals surface area contributed by atoms with Crippen LogP contribution in [0.5, 0.6) is 5.75 Å². The van der Waals surface area contributed by atoms with E-state index >= 15 is 0 Å². The maximum Gasteiger partial charge on any atom is 0.344 e. The molecule has 0 spiro atoms. The third-order valence-corrected chi connectivity index (χ3v) is 6.09. The van der Waals surface area contributed by atoms with Gasteiger partial charge in [-0.3, -0.25) is 4.79 Å². The summed E-state index contributed by atoms with van der Waals surface area (Å²) < 4.78 is 33.2. The van der Waals surface area contributed by atoms with Crippen LogP contribution in [0.25, 0.3) is 0 Å². The molecule has 25 heavy (non-hydrogen) atoms. The topological polar surface area (TPSA) is 90.0 Å². The molecule has 138 valence electrons. The van der Waals surface area contributed by atoms with E-state index < -0.39 is 28.3 Å². The van der Waals surface area contributed by atoms with Crippen molar-refractivity contribution in [1.29, 1.82) is 0 Å². The zero-order valence-electron chi connectivity index (χ0n) is 14.6. The highest BCUT2D eigenvalue weighted by Crippen LogP contribution is 2.17. The van der Waals surface area contributed by atoms with Gasteiger partial charge in [-0.1, -0.05) is 6.07 Å². The van der Waals surface area contributed by atoms with Gasteiger partial charge in [0.05, 0.1) is 11.5 Å². The van der Waals surface area contributed by atoms with E-state index in [1.54, 1.807) is 6.07 Å². The van der Waals surface area contributed by atoms with Crippen LogP contribution in [-0.2, 0) is 24.2 Å². The SMILES string of the molecule is Cc1ccc(OCC(=O)OCC(=O)N(C)C2CCS(=O)(=O)C2)cc1C. The van der Waals surface area contributed by atoms with Crippen LogP contribution in [0, 0.1) is 13.8 Å². The number of benzene rings is 1. The lowest BCUT2D eigenvalue weighted by Crippen LogP contribution is -2.40. The summed E-state index contributed by atoms with van der Waals surface area (Å²) in [5, 5.41) is 0. The van der Waals surface area contributed by atoms with Crippen LogP contribution in [0.1, 0.15) is 17.5 Å². The highest BCUT2D eigenvalue weighted by atomic mass is 32.2. The monoisotopic (exact) mass is 369 g/mol. The lowest BCUT2D eigenvalue weighted by molar-refractivity contribution is -0.153. The van der Waals surface area contributed by atoms with Gasteiger partial charge in [0.2, 0.25) is 0 Å². The summed E-state index contributed by atoms with van der Waals surface area (Å²) in [4.78, 5) is 25.1. The molecule has 0 N–H and O–H groups in total. The number of rotatable bonds is 6. The van der Waals surface area contributed by atoms with Gasteiger partial charge >= 0.3 is 5.97 Å². The third-order valence-electron chi connectivity index (χ3n) is 4.34. The van der Waals surface area contributed by atoms with E-state index in [2.05, 4.69) is 0 Å². The molecule has 1 fully saturated rings. The smallest absolute Gasteiger partial charge is 0.344 e. The summed E-state index contributed by atoms with van der Waals surface area (Å²) in [6.07, 6.45) is 0.411. The molecule has 1 saturated heterocycles. The number of nitrogens with zero attached hydrogens (tertiary/aromatic N) is 1. The molecule has 7 nitrogen and oxygen atoms in total. The van der Waals surface area contributed by atoms with E-state index in [1.807, 2.05) is 26.0 Å². The van der Waals surface area contributed by atoms with E-state index in [-0.39, 0.29) is 24.2 Å². The van der Waals surface area contributed by atoms with Gasteiger partial charge < -0.3 is 14.4 Å². The van der Waals surface area contributed by atoms with Crippen molar-refractivity contribution in [3.63, 3.8) is 0 Å². The Kier molecular flexibility index (Phi) is 6.05. The van der Waals surface area contributed by atoms with Gasteiger partial charge in [0.25, 0.3) is 5.91 Å². The van der Waals surface area contributed by atoms with E-state index in [1.165, 1.54) is 11.9 Å². The number of hydrogen-bond donors (Lipinski definition) is 0. The summed E-state index contributed by atoms with van der Waals surface area (Å²) in [7, 11) is -1.55. The van der Waals surface area contributed by atoms with Crippen LogP contribution in [-0.4, -0.2) is 63.0 Å². The largest absolute Gasteiger partial charge is 0.482 e. The highest BCUT2D eigenvalue weighted by Gasteiger charge is 2.32. The van der Waals surface area contributed by atoms with Crippen molar-refractivity contribution in [3.8, 4) is 5.75 Å². The molecule has 0 radical (unpaired) electrons. The van der Waals surface area contributed by atoms with Crippen LogP contribution >= 0.6 is 0 Å². The third kappa shape index (κ3) is 5.45. The average Bonchev–Trinajstić information content (AvgIpc) is 2.92. The fraction of sp³-hybridized carbons (Fsp3) is 0.529. The minimum Gasteiger partial charge on any atom is -0.482 e. The van der Waals surface area contributed by atoms with Gasteiger partial charge in [0, 0.05) is 13.1 Å². The standard InChI is InChI=1S/C17H23NO6S/c1-12-4-5-15(8-13(12)2)23-10-17(20)24-9-16(19)18(3)14-6-7-25(21,22)11-14/h4-5,8,14H,6-7,9-11H2,1-3H3. The molecule has 1 aliphatic rings. The van der Waals surface area contributed by atoms with E-state index in [4.69, 9.17) is 9.47 Å². The first-order chi connectivity index (χ1) is 11.7. The summed E-state index contributed by atoms with van der Waals surface area (Å²) in [5.41, 5.74) is 2.17.